The SMILES string of the molecule is Cn1c(/C(C#N)=C(\O)COC(=O)Cc2ccc3c(c2)CCC3)nc2ccccc21. The fourth-order valence-corrected chi connectivity index (χ4v) is 3.79. The van der Waals surface area contributed by atoms with Gasteiger partial charge in [-0.2, -0.15) is 5.26 Å². The summed E-state index contributed by atoms with van der Waals surface area (Å²) in [7, 11) is 1.77. The van der Waals surface area contributed by atoms with Crippen LogP contribution in [0.25, 0.3) is 16.6 Å². The number of esters is 1. The van der Waals surface area contributed by atoms with Crippen LogP contribution < -0.4 is 0 Å². The van der Waals surface area contributed by atoms with Crippen molar-refractivity contribution in [1.29, 1.82) is 5.26 Å². The van der Waals surface area contributed by atoms with Gasteiger partial charge in [-0.15, -0.1) is 0 Å². The molecule has 0 unspecified atom stereocenters. The summed E-state index contributed by atoms with van der Waals surface area (Å²) in [5.41, 5.74) is 5.11. The quantitative estimate of drug-likeness (QED) is 0.410. The Kier molecular flexibility index (Phi) is 5.05. The topological polar surface area (TPSA) is 88.1 Å². The normalized spacial score (nSPS) is 13.7. The minimum Gasteiger partial charge on any atom is -0.507 e. The molecule has 29 heavy (non-hydrogen) atoms. The molecule has 1 aromatic heterocycles. The summed E-state index contributed by atoms with van der Waals surface area (Å²) in [5, 5.41) is 19.9. The summed E-state index contributed by atoms with van der Waals surface area (Å²) in [4.78, 5) is 16.6. The number of rotatable bonds is 5. The van der Waals surface area contributed by atoms with Gasteiger partial charge in [0.15, 0.2) is 11.6 Å². The van der Waals surface area contributed by atoms with Gasteiger partial charge in [-0.3, -0.25) is 4.79 Å². The number of carbonyl (C=O) groups is 1. The van der Waals surface area contributed by atoms with Crippen LogP contribution in [0.5, 0.6) is 0 Å². The molecule has 146 valence electrons. The summed E-state index contributed by atoms with van der Waals surface area (Å²) < 4.78 is 6.94. The van der Waals surface area contributed by atoms with Crippen LogP contribution in [-0.2, 0) is 35.8 Å². The summed E-state index contributed by atoms with van der Waals surface area (Å²) >= 11 is 0. The second-order valence-corrected chi connectivity index (χ2v) is 7.21. The van der Waals surface area contributed by atoms with Gasteiger partial charge in [0, 0.05) is 7.05 Å². The molecule has 0 saturated carbocycles. The zero-order valence-corrected chi connectivity index (χ0v) is 16.2. The number of nitriles is 1. The molecule has 6 nitrogen and oxygen atoms in total. The van der Waals surface area contributed by atoms with E-state index in [0.717, 1.165) is 35.9 Å². The number of fused-ring (bicyclic) bond motifs is 2. The van der Waals surface area contributed by atoms with Gasteiger partial charge in [-0.25, -0.2) is 4.98 Å². The van der Waals surface area contributed by atoms with Gasteiger partial charge in [0.1, 0.15) is 18.2 Å². The molecule has 0 spiro atoms. The van der Waals surface area contributed by atoms with E-state index in [9.17, 15) is 15.2 Å². The van der Waals surface area contributed by atoms with Crippen molar-refractivity contribution >= 4 is 22.6 Å². The molecule has 0 fully saturated rings. The van der Waals surface area contributed by atoms with Crippen molar-refractivity contribution in [2.24, 2.45) is 7.05 Å². The molecule has 1 N–H and O–H groups in total. The van der Waals surface area contributed by atoms with Gasteiger partial charge < -0.3 is 14.4 Å². The standard InChI is InChI=1S/C23H21N3O3/c1-26-20-8-3-2-7-19(20)25-23(26)18(13-24)21(27)14-29-22(28)12-15-9-10-16-5-4-6-17(16)11-15/h2-3,7-11,27H,4-6,12,14H2,1H3/b21-18-. The predicted molar refractivity (Wildman–Crippen MR) is 109 cm³/mol. The smallest absolute Gasteiger partial charge is 0.310 e. The highest BCUT2D eigenvalue weighted by Crippen LogP contribution is 2.24. The summed E-state index contributed by atoms with van der Waals surface area (Å²) in [5.74, 6) is -0.425. The highest BCUT2D eigenvalue weighted by atomic mass is 16.5. The van der Waals surface area contributed by atoms with Crippen molar-refractivity contribution in [2.45, 2.75) is 25.7 Å². The first-order valence-corrected chi connectivity index (χ1v) is 9.57. The molecular weight excluding hydrogens is 366 g/mol. The van der Waals surface area contributed by atoms with Crippen molar-refractivity contribution in [3.8, 4) is 6.07 Å². The number of aromatic nitrogens is 2. The lowest BCUT2D eigenvalue weighted by Crippen LogP contribution is -2.12. The maximum atomic E-state index is 12.2. The van der Waals surface area contributed by atoms with E-state index in [0.29, 0.717) is 5.82 Å². The van der Waals surface area contributed by atoms with Gasteiger partial charge in [0.2, 0.25) is 0 Å². The Hall–Kier alpha value is -3.59. The number of aliphatic hydroxyl groups is 1. The molecule has 0 bridgehead atoms. The van der Waals surface area contributed by atoms with Gasteiger partial charge in [-0.05, 0) is 48.1 Å². The molecule has 0 amide bonds. The van der Waals surface area contributed by atoms with E-state index < -0.39 is 5.97 Å². The number of imidazole rings is 1. The average Bonchev–Trinajstić information content (AvgIpc) is 3.32. The lowest BCUT2D eigenvalue weighted by Gasteiger charge is -2.08. The second kappa shape index (κ2) is 7.80. The third kappa shape index (κ3) is 3.72. The lowest BCUT2D eigenvalue weighted by molar-refractivity contribution is -0.142. The fourth-order valence-electron chi connectivity index (χ4n) is 3.79. The molecule has 1 aliphatic carbocycles. The van der Waals surface area contributed by atoms with Crippen LogP contribution in [0.1, 0.15) is 28.9 Å². The van der Waals surface area contributed by atoms with Crippen molar-refractivity contribution in [3.63, 3.8) is 0 Å². The molecule has 0 radical (unpaired) electrons. The van der Waals surface area contributed by atoms with E-state index in [-0.39, 0.29) is 24.4 Å². The van der Waals surface area contributed by atoms with E-state index in [4.69, 9.17) is 4.74 Å². The maximum Gasteiger partial charge on any atom is 0.310 e. The highest BCUT2D eigenvalue weighted by molar-refractivity contribution is 5.84. The summed E-state index contributed by atoms with van der Waals surface area (Å²) in [6.45, 7) is -0.365. The number of ether oxygens (including phenoxy) is 1. The first-order valence-electron chi connectivity index (χ1n) is 9.57. The van der Waals surface area contributed by atoms with E-state index in [1.165, 1.54) is 11.1 Å². The number of aryl methyl sites for hydroxylation is 3. The Balaban J connectivity index is 1.47. The number of aliphatic hydroxyl groups excluding tert-OH is 1. The van der Waals surface area contributed by atoms with Crippen molar-refractivity contribution in [1.82, 2.24) is 9.55 Å². The Morgan fingerprint density at radius 1 is 1.24 bits per heavy atom. The van der Waals surface area contributed by atoms with E-state index in [1.807, 2.05) is 36.4 Å². The first-order chi connectivity index (χ1) is 14.1. The zero-order valence-electron chi connectivity index (χ0n) is 16.2. The third-order valence-corrected chi connectivity index (χ3v) is 5.29. The second-order valence-electron chi connectivity index (χ2n) is 7.21. The molecular formula is C23H21N3O3. The lowest BCUT2D eigenvalue weighted by atomic mass is 10.0. The van der Waals surface area contributed by atoms with Crippen LogP contribution >= 0.6 is 0 Å². The molecule has 6 heteroatoms. The number of para-hydroxylation sites is 2. The first kappa shape index (κ1) is 18.8. The van der Waals surface area contributed by atoms with Gasteiger partial charge >= 0.3 is 5.97 Å². The Morgan fingerprint density at radius 2 is 2.03 bits per heavy atom. The van der Waals surface area contributed by atoms with Crippen molar-refractivity contribution in [3.05, 3.63) is 70.7 Å². The Bertz CT molecular complexity index is 1170. The minimum atomic E-state index is -0.447. The molecule has 3 aromatic rings. The fraction of sp³-hybridized carbons (Fsp3) is 0.261. The molecule has 0 aliphatic heterocycles. The van der Waals surface area contributed by atoms with Gasteiger partial charge in [-0.1, -0.05) is 30.3 Å². The van der Waals surface area contributed by atoms with Crippen LogP contribution in [0.15, 0.2) is 48.2 Å². The highest BCUT2D eigenvalue weighted by Gasteiger charge is 2.18. The van der Waals surface area contributed by atoms with E-state index in [1.54, 1.807) is 11.6 Å². The van der Waals surface area contributed by atoms with E-state index in [2.05, 4.69) is 17.1 Å². The van der Waals surface area contributed by atoms with Crippen LogP contribution in [-0.4, -0.2) is 27.2 Å². The Morgan fingerprint density at radius 3 is 2.83 bits per heavy atom. The maximum absolute atomic E-state index is 12.2. The number of benzene rings is 2. The minimum absolute atomic E-state index is 0.00553. The van der Waals surface area contributed by atoms with Crippen molar-refractivity contribution in [2.75, 3.05) is 6.61 Å². The van der Waals surface area contributed by atoms with Crippen LogP contribution in [0.2, 0.25) is 0 Å². The molecule has 4 rings (SSSR count). The zero-order chi connectivity index (χ0) is 20.4. The molecule has 1 aliphatic rings. The van der Waals surface area contributed by atoms with Gasteiger partial charge in [0.25, 0.3) is 0 Å². The summed E-state index contributed by atoms with van der Waals surface area (Å²) in [6.07, 6.45) is 3.43. The van der Waals surface area contributed by atoms with Gasteiger partial charge in [0.05, 0.1) is 17.5 Å². The average molecular weight is 387 g/mol. The monoisotopic (exact) mass is 387 g/mol. The molecule has 0 saturated heterocycles. The van der Waals surface area contributed by atoms with Crippen LogP contribution in [0.3, 0.4) is 0 Å². The van der Waals surface area contributed by atoms with E-state index >= 15 is 0 Å². The number of allylic oxidation sites excluding steroid dienone is 1. The van der Waals surface area contributed by atoms with Crippen LogP contribution in [0, 0.1) is 11.3 Å². The third-order valence-electron chi connectivity index (χ3n) is 5.29. The summed E-state index contributed by atoms with van der Waals surface area (Å²) in [6, 6.07) is 15.5. The number of carbonyl (C=O) groups excluding carboxylic acids is 1. The molecule has 0 atom stereocenters. The molecule has 2 aromatic carbocycles. The van der Waals surface area contributed by atoms with Crippen LogP contribution in [0.4, 0.5) is 0 Å². The molecule has 1 heterocycles. The van der Waals surface area contributed by atoms with Crippen molar-refractivity contribution < 1.29 is 14.6 Å². The number of nitrogens with zero attached hydrogens (tertiary/aromatic N) is 3. The number of hydrogen-bond acceptors (Lipinski definition) is 5. The predicted octanol–water partition coefficient (Wildman–Crippen LogP) is 3.64. The largest absolute Gasteiger partial charge is 0.507 e. The number of hydrogen-bond donors (Lipinski definition) is 1. The Labute approximate surface area is 168 Å².